The lowest BCUT2D eigenvalue weighted by molar-refractivity contribution is 0.0982. The molecule has 0 amide bonds. The second-order valence-corrected chi connectivity index (χ2v) is 4.19. The molecule has 0 radical (unpaired) electrons. The molecular formula is C14H12ClNO. The Bertz CT molecular complexity index is 511. The van der Waals surface area contributed by atoms with Crippen molar-refractivity contribution in [2.75, 3.05) is 0 Å². The van der Waals surface area contributed by atoms with E-state index in [0.717, 1.165) is 5.69 Å². The minimum atomic E-state index is 0.0955. The van der Waals surface area contributed by atoms with Gasteiger partial charge in [0, 0.05) is 28.9 Å². The lowest BCUT2D eigenvalue weighted by Crippen LogP contribution is -2.01. The molecule has 17 heavy (non-hydrogen) atoms. The van der Waals surface area contributed by atoms with Gasteiger partial charge in [0.15, 0.2) is 5.78 Å². The summed E-state index contributed by atoms with van der Waals surface area (Å²) in [6, 6.07) is 12.7. The van der Waals surface area contributed by atoms with Crippen LogP contribution in [0.15, 0.2) is 48.7 Å². The fourth-order valence-corrected chi connectivity index (χ4v) is 1.78. The van der Waals surface area contributed by atoms with Crippen LogP contribution in [0.5, 0.6) is 0 Å². The number of halogens is 1. The number of hydrogen-bond acceptors (Lipinski definition) is 2. The largest absolute Gasteiger partial charge is 0.294 e. The van der Waals surface area contributed by atoms with Crippen molar-refractivity contribution in [2.45, 2.75) is 12.8 Å². The maximum Gasteiger partial charge on any atom is 0.163 e. The predicted molar refractivity (Wildman–Crippen MR) is 68.3 cm³/mol. The highest BCUT2D eigenvalue weighted by molar-refractivity contribution is 6.31. The van der Waals surface area contributed by atoms with E-state index in [2.05, 4.69) is 4.98 Å². The molecule has 2 rings (SSSR count). The fraction of sp³-hybridized carbons (Fsp3) is 0.143. The Hall–Kier alpha value is -1.67. The van der Waals surface area contributed by atoms with Crippen molar-refractivity contribution < 1.29 is 4.79 Å². The summed E-state index contributed by atoms with van der Waals surface area (Å²) in [5, 5.41) is 0.591. The molecule has 0 unspecified atom stereocenters. The van der Waals surface area contributed by atoms with Gasteiger partial charge < -0.3 is 0 Å². The number of carbonyl (C=O) groups is 1. The zero-order valence-corrected chi connectivity index (χ0v) is 10.0. The average molecular weight is 246 g/mol. The van der Waals surface area contributed by atoms with Crippen molar-refractivity contribution >= 4 is 17.4 Å². The van der Waals surface area contributed by atoms with Crippen LogP contribution >= 0.6 is 11.6 Å². The molecule has 0 aliphatic rings. The monoisotopic (exact) mass is 245 g/mol. The molecule has 0 saturated carbocycles. The first-order valence-corrected chi connectivity index (χ1v) is 5.82. The first kappa shape index (κ1) is 11.8. The third-order valence-corrected chi connectivity index (χ3v) is 2.72. The van der Waals surface area contributed by atoms with Crippen LogP contribution in [0.3, 0.4) is 0 Å². The molecule has 0 fully saturated rings. The molecule has 0 aliphatic carbocycles. The lowest BCUT2D eigenvalue weighted by atomic mass is 10.1. The number of aromatic nitrogens is 1. The van der Waals surface area contributed by atoms with Crippen molar-refractivity contribution in [3.8, 4) is 0 Å². The van der Waals surface area contributed by atoms with Crippen molar-refractivity contribution in [2.24, 2.45) is 0 Å². The molecule has 1 heterocycles. The Kier molecular flexibility index (Phi) is 3.89. The Labute approximate surface area is 105 Å². The van der Waals surface area contributed by atoms with Crippen LogP contribution in [0.4, 0.5) is 0 Å². The third-order valence-electron chi connectivity index (χ3n) is 2.48. The molecule has 0 atom stereocenters. The van der Waals surface area contributed by atoms with E-state index in [1.165, 1.54) is 0 Å². The van der Waals surface area contributed by atoms with Gasteiger partial charge in [-0.15, -0.1) is 0 Å². The van der Waals surface area contributed by atoms with E-state index in [0.29, 0.717) is 23.4 Å². The van der Waals surface area contributed by atoms with Gasteiger partial charge in [-0.1, -0.05) is 29.8 Å². The zero-order chi connectivity index (χ0) is 12.1. The molecule has 0 N–H and O–H groups in total. The van der Waals surface area contributed by atoms with Crippen LogP contribution in [0.25, 0.3) is 0 Å². The second-order valence-electron chi connectivity index (χ2n) is 3.75. The van der Waals surface area contributed by atoms with Gasteiger partial charge in [0.1, 0.15) is 0 Å². The van der Waals surface area contributed by atoms with Crippen molar-refractivity contribution in [3.63, 3.8) is 0 Å². The van der Waals surface area contributed by atoms with Crippen LogP contribution < -0.4 is 0 Å². The summed E-state index contributed by atoms with van der Waals surface area (Å²) in [5.74, 6) is 0.0955. The summed E-state index contributed by atoms with van der Waals surface area (Å²) in [6.07, 6.45) is 2.85. The molecule has 1 aromatic carbocycles. The van der Waals surface area contributed by atoms with Crippen molar-refractivity contribution in [1.82, 2.24) is 4.98 Å². The summed E-state index contributed by atoms with van der Waals surface area (Å²) in [7, 11) is 0. The maximum atomic E-state index is 11.9. The lowest BCUT2D eigenvalue weighted by Gasteiger charge is -2.01. The van der Waals surface area contributed by atoms with Gasteiger partial charge in [-0.25, -0.2) is 0 Å². The van der Waals surface area contributed by atoms with Crippen LogP contribution in [0, 0.1) is 0 Å². The summed E-state index contributed by atoms with van der Waals surface area (Å²) in [4.78, 5) is 16.1. The van der Waals surface area contributed by atoms with Crippen LogP contribution in [0.2, 0.25) is 5.02 Å². The summed E-state index contributed by atoms with van der Waals surface area (Å²) in [6.45, 7) is 0. The van der Waals surface area contributed by atoms with E-state index in [1.54, 1.807) is 30.5 Å². The Balaban J connectivity index is 1.98. The number of aryl methyl sites for hydroxylation is 1. The van der Waals surface area contributed by atoms with E-state index in [-0.39, 0.29) is 5.78 Å². The molecule has 0 aliphatic heterocycles. The normalized spacial score (nSPS) is 10.2. The Morgan fingerprint density at radius 1 is 1.18 bits per heavy atom. The highest BCUT2D eigenvalue weighted by atomic mass is 35.5. The topological polar surface area (TPSA) is 30.0 Å². The third kappa shape index (κ3) is 3.40. The first-order chi connectivity index (χ1) is 8.25. The van der Waals surface area contributed by atoms with Gasteiger partial charge in [-0.3, -0.25) is 9.78 Å². The summed E-state index contributed by atoms with van der Waals surface area (Å²) in [5.41, 5.74) is 1.59. The average Bonchev–Trinajstić information content (AvgIpc) is 2.37. The molecule has 2 nitrogen and oxygen atoms in total. The van der Waals surface area contributed by atoms with Gasteiger partial charge in [0.2, 0.25) is 0 Å². The van der Waals surface area contributed by atoms with Gasteiger partial charge >= 0.3 is 0 Å². The molecule has 2 aromatic rings. The maximum absolute atomic E-state index is 11.9. The summed E-state index contributed by atoms with van der Waals surface area (Å²) < 4.78 is 0. The molecule has 0 saturated heterocycles. The van der Waals surface area contributed by atoms with Crippen LogP contribution in [-0.4, -0.2) is 10.8 Å². The molecule has 0 spiro atoms. The van der Waals surface area contributed by atoms with Crippen molar-refractivity contribution in [1.29, 1.82) is 0 Å². The van der Waals surface area contributed by atoms with E-state index < -0.39 is 0 Å². The summed E-state index contributed by atoms with van der Waals surface area (Å²) >= 11 is 5.84. The van der Waals surface area contributed by atoms with E-state index in [1.807, 2.05) is 18.2 Å². The molecular weight excluding hydrogens is 234 g/mol. The predicted octanol–water partition coefficient (Wildman–Crippen LogP) is 3.55. The quantitative estimate of drug-likeness (QED) is 0.771. The highest BCUT2D eigenvalue weighted by Gasteiger charge is 2.06. The van der Waals surface area contributed by atoms with Gasteiger partial charge in [0.25, 0.3) is 0 Å². The first-order valence-electron chi connectivity index (χ1n) is 5.44. The van der Waals surface area contributed by atoms with E-state index in [9.17, 15) is 4.79 Å². The van der Waals surface area contributed by atoms with Crippen LogP contribution in [0.1, 0.15) is 22.5 Å². The molecule has 0 bridgehead atoms. The van der Waals surface area contributed by atoms with Gasteiger partial charge in [-0.05, 0) is 30.7 Å². The van der Waals surface area contributed by atoms with E-state index in [4.69, 9.17) is 11.6 Å². The Morgan fingerprint density at radius 3 is 2.76 bits per heavy atom. The van der Waals surface area contributed by atoms with Gasteiger partial charge in [-0.2, -0.15) is 0 Å². The number of ketones is 1. The minimum absolute atomic E-state index is 0.0955. The Morgan fingerprint density at radius 2 is 2.06 bits per heavy atom. The van der Waals surface area contributed by atoms with E-state index >= 15 is 0 Å². The highest BCUT2D eigenvalue weighted by Crippen LogP contribution is 2.13. The van der Waals surface area contributed by atoms with Crippen molar-refractivity contribution in [3.05, 3.63) is 64.9 Å². The number of carbonyl (C=O) groups excluding carboxylic acids is 1. The smallest absolute Gasteiger partial charge is 0.163 e. The number of rotatable bonds is 4. The molecule has 1 aromatic heterocycles. The fourth-order valence-electron chi connectivity index (χ4n) is 1.59. The molecule has 3 heteroatoms. The van der Waals surface area contributed by atoms with Crippen LogP contribution in [-0.2, 0) is 6.42 Å². The number of Topliss-reactive ketones (excluding diaryl/α,β-unsaturated/α-hetero) is 1. The SMILES string of the molecule is O=C(CCc1ccccn1)c1cccc(Cl)c1. The molecule has 86 valence electrons. The number of hydrogen-bond donors (Lipinski definition) is 0. The second kappa shape index (κ2) is 5.60. The van der Waals surface area contributed by atoms with Gasteiger partial charge in [0.05, 0.1) is 0 Å². The minimum Gasteiger partial charge on any atom is -0.294 e. The standard InChI is InChI=1S/C14H12ClNO/c15-12-5-3-4-11(10-12)14(17)8-7-13-6-1-2-9-16-13/h1-6,9-10H,7-8H2. The number of benzene rings is 1. The zero-order valence-electron chi connectivity index (χ0n) is 9.27. The number of nitrogens with zero attached hydrogens (tertiary/aromatic N) is 1. The number of pyridine rings is 1.